The van der Waals surface area contributed by atoms with Crippen LogP contribution < -0.4 is 9.62 Å². The summed E-state index contributed by atoms with van der Waals surface area (Å²) in [5, 5.41) is 3.35. The minimum Gasteiger partial charge on any atom is -0.350 e. The zero-order valence-electron chi connectivity index (χ0n) is 22.3. The lowest BCUT2D eigenvalue weighted by molar-refractivity contribution is -0.140. The smallest absolute Gasteiger partial charge is 0.264 e. The van der Waals surface area contributed by atoms with Gasteiger partial charge in [0.1, 0.15) is 12.6 Å². The van der Waals surface area contributed by atoms with Gasteiger partial charge >= 0.3 is 0 Å². The van der Waals surface area contributed by atoms with Crippen molar-refractivity contribution in [3.63, 3.8) is 0 Å². The number of nitrogens with zero attached hydrogens (tertiary/aromatic N) is 2. The van der Waals surface area contributed by atoms with Crippen LogP contribution in [0.5, 0.6) is 0 Å². The molecule has 0 aromatic heterocycles. The first-order valence-electron chi connectivity index (χ1n) is 12.3. The summed E-state index contributed by atoms with van der Waals surface area (Å²) in [4.78, 5) is 28.5. The number of benzene rings is 3. The maximum atomic E-state index is 13.9. The second-order valence-electron chi connectivity index (χ2n) is 10.2. The Morgan fingerprint density at radius 3 is 2.18 bits per heavy atom. The first kappa shape index (κ1) is 29.2. The zero-order valence-corrected chi connectivity index (χ0v) is 23.9. The molecule has 9 heteroatoms. The topological polar surface area (TPSA) is 86.8 Å². The van der Waals surface area contributed by atoms with Gasteiger partial charge < -0.3 is 10.2 Å². The number of carbonyl (C=O) groups excluding carboxylic acids is 2. The number of anilines is 1. The van der Waals surface area contributed by atoms with Gasteiger partial charge in [0.2, 0.25) is 11.8 Å². The van der Waals surface area contributed by atoms with Crippen molar-refractivity contribution >= 4 is 39.1 Å². The van der Waals surface area contributed by atoms with Gasteiger partial charge in [0.15, 0.2) is 0 Å². The summed E-state index contributed by atoms with van der Waals surface area (Å²) in [5.41, 5.74) is 1.32. The van der Waals surface area contributed by atoms with E-state index in [1.165, 1.54) is 17.0 Å². The Morgan fingerprint density at radius 1 is 0.947 bits per heavy atom. The van der Waals surface area contributed by atoms with Crippen LogP contribution >= 0.6 is 11.6 Å². The van der Waals surface area contributed by atoms with Gasteiger partial charge in [-0.3, -0.25) is 13.9 Å². The van der Waals surface area contributed by atoms with Gasteiger partial charge in [-0.15, -0.1) is 0 Å². The Morgan fingerprint density at radius 2 is 1.58 bits per heavy atom. The molecule has 0 saturated carbocycles. The summed E-state index contributed by atoms with van der Waals surface area (Å²) in [6, 6.07) is 21.1. The van der Waals surface area contributed by atoms with Crippen LogP contribution in [0.1, 0.15) is 38.8 Å². The molecule has 0 radical (unpaired) electrons. The highest BCUT2D eigenvalue weighted by Gasteiger charge is 2.33. The lowest BCUT2D eigenvalue weighted by Crippen LogP contribution is -2.54. The fourth-order valence-electron chi connectivity index (χ4n) is 3.90. The SMILES string of the molecule is Cc1cccc(N(CC(=O)N(Cc2ccccc2Cl)[C@H](C)C(=O)NC(C)(C)C)S(=O)(=O)c2ccccc2)c1. The average Bonchev–Trinajstić information content (AvgIpc) is 2.85. The number of hydrogen-bond donors (Lipinski definition) is 1. The molecule has 0 saturated heterocycles. The minimum atomic E-state index is -4.10. The van der Waals surface area contributed by atoms with Crippen LogP contribution in [0.25, 0.3) is 0 Å². The number of carbonyl (C=O) groups is 2. The predicted octanol–water partition coefficient (Wildman–Crippen LogP) is 5.18. The Labute approximate surface area is 230 Å². The zero-order chi connectivity index (χ0) is 28.1. The van der Waals surface area contributed by atoms with Crippen molar-refractivity contribution in [2.24, 2.45) is 0 Å². The van der Waals surface area contributed by atoms with Gasteiger partial charge in [0.05, 0.1) is 10.6 Å². The molecule has 0 fully saturated rings. The Kier molecular flexibility index (Phi) is 9.22. The molecule has 7 nitrogen and oxygen atoms in total. The average molecular weight is 556 g/mol. The lowest BCUT2D eigenvalue weighted by atomic mass is 10.1. The number of rotatable bonds is 9. The normalized spacial score (nSPS) is 12.5. The van der Waals surface area contributed by atoms with E-state index in [1.807, 2.05) is 33.8 Å². The highest BCUT2D eigenvalue weighted by atomic mass is 35.5. The number of nitrogens with one attached hydrogen (secondary N) is 1. The summed E-state index contributed by atoms with van der Waals surface area (Å²) in [6.45, 7) is 8.56. The first-order valence-corrected chi connectivity index (χ1v) is 14.1. The molecule has 0 aliphatic rings. The van der Waals surface area contributed by atoms with E-state index in [1.54, 1.807) is 67.6 Å². The number of sulfonamides is 1. The number of hydrogen-bond acceptors (Lipinski definition) is 4. The van der Waals surface area contributed by atoms with Crippen molar-refractivity contribution in [3.8, 4) is 0 Å². The highest BCUT2D eigenvalue weighted by molar-refractivity contribution is 7.92. The Balaban J connectivity index is 2.04. The molecule has 38 heavy (non-hydrogen) atoms. The first-order chi connectivity index (χ1) is 17.8. The van der Waals surface area contributed by atoms with Gasteiger partial charge in [-0.25, -0.2) is 8.42 Å². The molecule has 3 rings (SSSR count). The largest absolute Gasteiger partial charge is 0.350 e. The molecule has 2 amide bonds. The summed E-state index contributed by atoms with van der Waals surface area (Å²) >= 11 is 6.39. The van der Waals surface area contributed by atoms with Crippen LogP contribution in [0.2, 0.25) is 5.02 Å². The van der Waals surface area contributed by atoms with Crippen molar-refractivity contribution in [3.05, 3.63) is 95.0 Å². The Hall–Kier alpha value is -3.36. The van der Waals surface area contributed by atoms with Crippen LogP contribution in [0, 0.1) is 6.92 Å². The molecule has 0 unspecified atom stereocenters. The number of halogens is 1. The molecule has 3 aromatic carbocycles. The van der Waals surface area contributed by atoms with E-state index >= 15 is 0 Å². The number of amides is 2. The third-order valence-corrected chi connectivity index (χ3v) is 8.02. The van der Waals surface area contributed by atoms with E-state index in [4.69, 9.17) is 11.6 Å². The second-order valence-corrected chi connectivity index (χ2v) is 12.5. The summed E-state index contributed by atoms with van der Waals surface area (Å²) < 4.78 is 28.6. The quantitative estimate of drug-likeness (QED) is 0.394. The standard InChI is InChI=1S/C29H34ClN3O4S/c1-21-12-11-14-24(18-21)33(38(36,37)25-15-7-6-8-16-25)20-27(34)32(19-23-13-9-10-17-26(23)30)22(2)28(35)31-29(3,4)5/h6-18,22H,19-20H2,1-5H3,(H,31,35)/t22-/m1/s1. The van der Waals surface area contributed by atoms with Crippen molar-refractivity contribution in [1.29, 1.82) is 0 Å². The minimum absolute atomic E-state index is 0.0320. The molecule has 0 aliphatic carbocycles. The Bertz CT molecular complexity index is 1390. The van der Waals surface area contributed by atoms with E-state index in [2.05, 4.69) is 5.32 Å². The lowest BCUT2D eigenvalue weighted by Gasteiger charge is -2.33. The maximum absolute atomic E-state index is 13.9. The van der Waals surface area contributed by atoms with Crippen LogP contribution in [0.4, 0.5) is 5.69 Å². The molecule has 0 bridgehead atoms. The van der Waals surface area contributed by atoms with E-state index in [0.717, 1.165) is 9.87 Å². The molecule has 0 spiro atoms. The fraction of sp³-hybridized carbons (Fsp3) is 0.310. The van der Waals surface area contributed by atoms with Gasteiger partial charge in [-0.1, -0.05) is 60.1 Å². The van der Waals surface area contributed by atoms with Gasteiger partial charge in [0, 0.05) is 17.1 Å². The molecule has 0 aliphatic heterocycles. The predicted molar refractivity (Wildman–Crippen MR) is 152 cm³/mol. The molecule has 1 N–H and O–H groups in total. The van der Waals surface area contributed by atoms with Gasteiger partial charge in [-0.05, 0) is 76.1 Å². The van der Waals surface area contributed by atoms with E-state index < -0.39 is 34.1 Å². The monoisotopic (exact) mass is 555 g/mol. The van der Waals surface area contributed by atoms with Crippen molar-refractivity contribution in [1.82, 2.24) is 10.2 Å². The van der Waals surface area contributed by atoms with Gasteiger partial charge in [-0.2, -0.15) is 0 Å². The van der Waals surface area contributed by atoms with Crippen LogP contribution in [-0.4, -0.2) is 43.3 Å². The summed E-state index contributed by atoms with van der Waals surface area (Å²) in [6.07, 6.45) is 0. The summed E-state index contributed by atoms with van der Waals surface area (Å²) in [7, 11) is -4.10. The molecule has 0 heterocycles. The third kappa shape index (κ3) is 7.36. The maximum Gasteiger partial charge on any atom is 0.264 e. The number of aryl methyl sites for hydroxylation is 1. The van der Waals surface area contributed by atoms with Crippen LogP contribution in [-0.2, 0) is 26.2 Å². The van der Waals surface area contributed by atoms with Gasteiger partial charge in [0.25, 0.3) is 10.0 Å². The molecule has 202 valence electrons. The van der Waals surface area contributed by atoms with Crippen molar-refractivity contribution < 1.29 is 18.0 Å². The third-order valence-electron chi connectivity index (χ3n) is 5.86. The highest BCUT2D eigenvalue weighted by Crippen LogP contribution is 2.26. The van der Waals surface area contributed by atoms with E-state index in [-0.39, 0.29) is 17.3 Å². The molecule has 3 aromatic rings. The molecular weight excluding hydrogens is 522 g/mol. The second kappa shape index (κ2) is 12.0. The molecular formula is C29H34ClN3O4S. The van der Waals surface area contributed by atoms with Crippen molar-refractivity contribution in [2.75, 3.05) is 10.8 Å². The van der Waals surface area contributed by atoms with Crippen LogP contribution in [0.3, 0.4) is 0 Å². The van der Waals surface area contributed by atoms with Crippen LogP contribution in [0.15, 0.2) is 83.8 Å². The summed E-state index contributed by atoms with van der Waals surface area (Å²) in [5.74, 6) is -0.895. The molecule has 1 atom stereocenters. The van der Waals surface area contributed by atoms with E-state index in [9.17, 15) is 18.0 Å². The van der Waals surface area contributed by atoms with E-state index in [0.29, 0.717) is 16.3 Å². The fourth-order valence-corrected chi connectivity index (χ4v) is 5.52. The van der Waals surface area contributed by atoms with Crippen molar-refractivity contribution in [2.45, 2.75) is 57.6 Å².